The van der Waals surface area contributed by atoms with Crippen LogP contribution in [0.1, 0.15) is 36.0 Å². The molecule has 1 saturated heterocycles. The standard InChI is InChI=1S/C17H23NO3/c1-20-17(19)12-6-8-14(9-7-12)21-11-13-10-18-16-5-3-2-4-15(13)16/h6-9,13,15-16,18H,2-5,10-11H2,1H3. The lowest BCUT2D eigenvalue weighted by molar-refractivity contribution is 0.0600. The second-order valence-corrected chi connectivity index (χ2v) is 6.05. The Morgan fingerprint density at radius 1 is 1.24 bits per heavy atom. The molecule has 21 heavy (non-hydrogen) atoms. The van der Waals surface area contributed by atoms with Gasteiger partial charge < -0.3 is 14.8 Å². The Bertz CT molecular complexity index is 485. The second-order valence-electron chi connectivity index (χ2n) is 6.05. The summed E-state index contributed by atoms with van der Waals surface area (Å²) in [6.07, 6.45) is 5.35. The maximum atomic E-state index is 11.4. The number of nitrogens with one attached hydrogen (secondary N) is 1. The van der Waals surface area contributed by atoms with Crippen molar-refractivity contribution >= 4 is 5.97 Å². The molecule has 0 bridgehead atoms. The number of rotatable bonds is 4. The van der Waals surface area contributed by atoms with Crippen molar-refractivity contribution in [2.24, 2.45) is 11.8 Å². The van der Waals surface area contributed by atoms with Crippen LogP contribution in [0.25, 0.3) is 0 Å². The molecule has 1 N–H and O–H groups in total. The summed E-state index contributed by atoms with van der Waals surface area (Å²) in [6, 6.07) is 7.88. The molecule has 3 atom stereocenters. The number of benzene rings is 1. The molecule has 1 aliphatic carbocycles. The monoisotopic (exact) mass is 289 g/mol. The van der Waals surface area contributed by atoms with E-state index in [4.69, 9.17) is 4.74 Å². The molecule has 3 unspecified atom stereocenters. The van der Waals surface area contributed by atoms with Gasteiger partial charge in [-0.3, -0.25) is 0 Å². The zero-order chi connectivity index (χ0) is 14.7. The molecular weight excluding hydrogens is 266 g/mol. The van der Waals surface area contributed by atoms with E-state index in [1.807, 2.05) is 12.1 Å². The quantitative estimate of drug-likeness (QED) is 0.866. The lowest BCUT2D eigenvalue weighted by Crippen LogP contribution is -2.30. The summed E-state index contributed by atoms with van der Waals surface area (Å²) in [6.45, 7) is 1.82. The van der Waals surface area contributed by atoms with Crippen LogP contribution in [-0.4, -0.2) is 32.3 Å². The number of hydrogen-bond acceptors (Lipinski definition) is 4. The normalized spacial score (nSPS) is 28.0. The summed E-state index contributed by atoms with van der Waals surface area (Å²) in [5.41, 5.74) is 0.555. The van der Waals surface area contributed by atoms with Crippen molar-refractivity contribution in [3.8, 4) is 5.75 Å². The molecule has 0 amide bonds. The van der Waals surface area contributed by atoms with E-state index in [-0.39, 0.29) is 5.97 Å². The van der Waals surface area contributed by atoms with E-state index in [1.165, 1.54) is 32.8 Å². The van der Waals surface area contributed by atoms with Gasteiger partial charge in [-0.1, -0.05) is 12.8 Å². The van der Waals surface area contributed by atoms with E-state index in [9.17, 15) is 4.79 Å². The first kappa shape index (κ1) is 14.4. The highest BCUT2D eigenvalue weighted by Crippen LogP contribution is 2.34. The first-order valence-electron chi connectivity index (χ1n) is 7.82. The molecule has 1 aliphatic heterocycles. The van der Waals surface area contributed by atoms with Crippen molar-refractivity contribution in [3.05, 3.63) is 29.8 Å². The highest BCUT2D eigenvalue weighted by atomic mass is 16.5. The number of ether oxygens (including phenoxy) is 2. The minimum Gasteiger partial charge on any atom is -0.493 e. The summed E-state index contributed by atoms with van der Waals surface area (Å²) in [7, 11) is 1.39. The predicted octanol–water partition coefficient (Wildman–Crippen LogP) is 2.63. The van der Waals surface area contributed by atoms with Gasteiger partial charge in [0.2, 0.25) is 0 Å². The molecule has 4 heteroatoms. The van der Waals surface area contributed by atoms with E-state index < -0.39 is 0 Å². The molecule has 3 rings (SSSR count). The molecule has 0 radical (unpaired) electrons. The Morgan fingerprint density at radius 2 is 2.00 bits per heavy atom. The molecule has 1 saturated carbocycles. The van der Waals surface area contributed by atoms with Crippen molar-refractivity contribution in [3.63, 3.8) is 0 Å². The van der Waals surface area contributed by atoms with Crippen LogP contribution in [0.15, 0.2) is 24.3 Å². The van der Waals surface area contributed by atoms with E-state index in [2.05, 4.69) is 10.1 Å². The molecule has 2 aliphatic rings. The first-order valence-corrected chi connectivity index (χ1v) is 7.82. The fraction of sp³-hybridized carbons (Fsp3) is 0.588. The van der Waals surface area contributed by atoms with Crippen LogP contribution in [0.4, 0.5) is 0 Å². The average Bonchev–Trinajstić information content (AvgIpc) is 2.96. The Morgan fingerprint density at radius 3 is 2.76 bits per heavy atom. The smallest absolute Gasteiger partial charge is 0.337 e. The Kier molecular flexibility index (Phi) is 4.44. The van der Waals surface area contributed by atoms with Crippen molar-refractivity contribution in [2.45, 2.75) is 31.7 Å². The number of carbonyl (C=O) groups is 1. The molecule has 1 heterocycles. The minimum absolute atomic E-state index is 0.313. The Labute approximate surface area is 125 Å². The lowest BCUT2D eigenvalue weighted by Gasteiger charge is -2.28. The zero-order valence-electron chi connectivity index (χ0n) is 12.5. The van der Waals surface area contributed by atoms with Crippen molar-refractivity contribution < 1.29 is 14.3 Å². The Balaban J connectivity index is 1.54. The fourth-order valence-corrected chi connectivity index (χ4v) is 3.62. The van der Waals surface area contributed by atoms with Gasteiger partial charge >= 0.3 is 5.97 Å². The third-order valence-corrected chi connectivity index (χ3v) is 4.81. The van der Waals surface area contributed by atoms with Gasteiger partial charge in [0.05, 0.1) is 19.3 Å². The van der Waals surface area contributed by atoms with Gasteiger partial charge in [0.1, 0.15) is 5.75 Å². The van der Waals surface area contributed by atoms with E-state index in [1.54, 1.807) is 12.1 Å². The van der Waals surface area contributed by atoms with Crippen molar-refractivity contribution in [1.82, 2.24) is 5.32 Å². The maximum absolute atomic E-state index is 11.4. The summed E-state index contributed by atoms with van der Waals surface area (Å²) < 4.78 is 10.6. The number of methoxy groups -OCH3 is 1. The zero-order valence-corrected chi connectivity index (χ0v) is 12.5. The largest absolute Gasteiger partial charge is 0.493 e. The number of carbonyl (C=O) groups excluding carboxylic acids is 1. The van der Waals surface area contributed by atoms with Gasteiger partial charge in [0.25, 0.3) is 0 Å². The van der Waals surface area contributed by atoms with Crippen LogP contribution in [0, 0.1) is 11.8 Å². The molecule has 1 aromatic carbocycles. The molecule has 2 fully saturated rings. The van der Waals surface area contributed by atoms with E-state index in [0.29, 0.717) is 17.5 Å². The highest BCUT2D eigenvalue weighted by Gasteiger charge is 2.37. The average molecular weight is 289 g/mol. The summed E-state index contributed by atoms with van der Waals surface area (Å²) in [4.78, 5) is 11.4. The van der Waals surface area contributed by atoms with Gasteiger partial charge in [-0.05, 0) is 43.0 Å². The topological polar surface area (TPSA) is 47.6 Å². The summed E-state index contributed by atoms with van der Waals surface area (Å²) in [5.74, 6) is 1.89. The van der Waals surface area contributed by atoms with Gasteiger partial charge in [-0.15, -0.1) is 0 Å². The van der Waals surface area contributed by atoms with Crippen LogP contribution < -0.4 is 10.1 Å². The molecule has 114 valence electrons. The third kappa shape index (κ3) is 3.21. The SMILES string of the molecule is COC(=O)c1ccc(OCC2CNC3CCCCC23)cc1. The summed E-state index contributed by atoms with van der Waals surface area (Å²) in [5, 5.41) is 3.64. The highest BCUT2D eigenvalue weighted by molar-refractivity contribution is 5.89. The van der Waals surface area contributed by atoms with Crippen molar-refractivity contribution in [1.29, 1.82) is 0 Å². The van der Waals surface area contributed by atoms with Gasteiger partial charge in [-0.2, -0.15) is 0 Å². The maximum Gasteiger partial charge on any atom is 0.337 e. The van der Waals surface area contributed by atoms with Gasteiger partial charge in [-0.25, -0.2) is 4.79 Å². The minimum atomic E-state index is -0.313. The number of fused-ring (bicyclic) bond motifs is 1. The van der Waals surface area contributed by atoms with Crippen molar-refractivity contribution in [2.75, 3.05) is 20.3 Å². The lowest BCUT2D eigenvalue weighted by atomic mass is 9.80. The molecule has 4 nitrogen and oxygen atoms in total. The van der Waals surface area contributed by atoms with Crippen LogP contribution >= 0.6 is 0 Å². The number of esters is 1. The molecule has 0 aromatic heterocycles. The predicted molar refractivity (Wildman–Crippen MR) is 80.5 cm³/mol. The van der Waals surface area contributed by atoms with Gasteiger partial charge in [0.15, 0.2) is 0 Å². The molecular formula is C17H23NO3. The van der Waals surface area contributed by atoms with Crippen LogP contribution in [-0.2, 0) is 4.74 Å². The van der Waals surface area contributed by atoms with Crippen LogP contribution in [0.5, 0.6) is 5.75 Å². The third-order valence-electron chi connectivity index (χ3n) is 4.81. The Hall–Kier alpha value is -1.55. The van der Waals surface area contributed by atoms with E-state index in [0.717, 1.165) is 24.8 Å². The van der Waals surface area contributed by atoms with Crippen LogP contribution in [0.3, 0.4) is 0 Å². The molecule has 0 spiro atoms. The fourth-order valence-electron chi connectivity index (χ4n) is 3.62. The molecule has 1 aromatic rings. The van der Waals surface area contributed by atoms with Gasteiger partial charge in [0, 0.05) is 18.5 Å². The summed E-state index contributed by atoms with van der Waals surface area (Å²) >= 11 is 0. The van der Waals surface area contributed by atoms with E-state index >= 15 is 0 Å². The van der Waals surface area contributed by atoms with Crippen LogP contribution in [0.2, 0.25) is 0 Å². The first-order chi connectivity index (χ1) is 10.3. The number of hydrogen-bond donors (Lipinski definition) is 1. The second kappa shape index (κ2) is 6.48.